The Morgan fingerprint density at radius 3 is 2.79 bits per heavy atom. The molecule has 0 radical (unpaired) electrons. The maximum atomic E-state index is 12.8. The Labute approximate surface area is 172 Å². The van der Waals surface area contributed by atoms with Crippen molar-refractivity contribution in [2.24, 2.45) is 11.8 Å². The normalized spacial score (nSPS) is 23.2. The largest absolute Gasteiger partial charge is 0.352 e. The minimum atomic E-state index is -0.235. The van der Waals surface area contributed by atoms with Crippen molar-refractivity contribution in [3.63, 3.8) is 0 Å². The van der Waals surface area contributed by atoms with Gasteiger partial charge in [0.25, 0.3) is 0 Å². The summed E-state index contributed by atoms with van der Waals surface area (Å²) >= 11 is 1.45. The van der Waals surface area contributed by atoms with Crippen LogP contribution in [0.5, 0.6) is 0 Å². The van der Waals surface area contributed by atoms with Crippen molar-refractivity contribution in [2.45, 2.75) is 63.0 Å². The molecule has 150 valence electrons. The lowest BCUT2D eigenvalue weighted by Crippen LogP contribution is -2.46. The number of allylic oxidation sites excluding steroid dienone is 1. The topological polar surface area (TPSA) is 59.8 Å². The van der Waals surface area contributed by atoms with E-state index in [0.29, 0.717) is 18.4 Å². The summed E-state index contributed by atoms with van der Waals surface area (Å²) in [6.45, 7) is 10.9. The van der Waals surface area contributed by atoms with Crippen LogP contribution in [0.25, 0.3) is 11.4 Å². The van der Waals surface area contributed by atoms with E-state index >= 15 is 0 Å². The standard InChI is InChI=1S/C22H30N4OS/c1-5-14-26-20(18-11-7-6-8-12-18)24-25-22(26)28-17(4)21(27)23-19-13-9-10-15(2)16(19)3/h5-8,11-12,15-17,19H,1,9-10,13-14H2,2-4H3,(H,23,27)/t15-,16+,17+,19-/m0/s1. The highest BCUT2D eigenvalue weighted by molar-refractivity contribution is 8.00. The van der Waals surface area contributed by atoms with Gasteiger partial charge in [0, 0.05) is 18.2 Å². The van der Waals surface area contributed by atoms with E-state index in [1.54, 1.807) is 0 Å². The number of thioether (sulfide) groups is 1. The zero-order valence-corrected chi connectivity index (χ0v) is 17.8. The molecule has 1 N–H and O–H groups in total. The smallest absolute Gasteiger partial charge is 0.233 e. The summed E-state index contributed by atoms with van der Waals surface area (Å²) in [5.41, 5.74) is 1.01. The molecule has 0 aliphatic heterocycles. The highest BCUT2D eigenvalue weighted by Gasteiger charge is 2.30. The second-order valence-electron chi connectivity index (χ2n) is 7.71. The van der Waals surface area contributed by atoms with E-state index in [9.17, 15) is 4.79 Å². The lowest BCUT2D eigenvalue weighted by Gasteiger charge is -2.35. The van der Waals surface area contributed by atoms with Gasteiger partial charge in [-0.3, -0.25) is 9.36 Å². The molecule has 1 aliphatic carbocycles. The Morgan fingerprint density at radius 2 is 2.07 bits per heavy atom. The van der Waals surface area contributed by atoms with E-state index in [0.717, 1.165) is 23.0 Å². The van der Waals surface area contributed by atoms with Crippen molar-refractivity contribution in [3.8, 4) is 11.4 Å². The summed E-state index contributed by atoms with van der Waals surface area (Å²) in [6.07, 6.45) is 5.34. The molecule has 1 saturated carbocycles. The molecule has 0 unspecified atom stereocenters. The highest BCUT2D eigenvalue weighted by Crippen LogP contribution is 2.31. The highest BCUT2D eigenvalue weighted by atomic mass is 32.2. The number of hydrogen-bond acceptors (Lipinski definition) is 4. The number of nitrogens with zero attached hydrogens (tertiary/aromatic N) is 3. The summed E-state index contributed by atoms with van der Waals surface area (Å²) in [5, 5.41) is 12.5. The third kappa shape index (κ3) is 4.66. The van der Waals surface area contributed by atoms with Crippen molar-refractivity contribution in [2.75, 3.05) is 0 Å². The van der Waals surface area contributed by atoms with Crippen molar-refractivity contribution in [1.82, 2.24) is 20.1 Å². The summed E-state index contributed by atoms with van der Waals surface area (Å²) in [5.74, 6) is 2.05. The van der Waals surface area contributed by atoms with E-state index in [1.165, 1.54) is 24.6 Å². The second-order valence-corrected chi connectivity index (χ2v) is 9.02. The SMILES string of the molecule is C=CCn1c(S[C@H](C)C(=O)N[C@H]2CCC[C@H](C)[C@H]2C)nnc1-c1ccccc1. The number of aromatic nitrogens is 3. The molecule has 1 aromatic heterocycles. The van der Waals surface area contributed by atoms with Crippen LogP contribution in [0.4, 0.5) is 0 Å². The van der Waals surface area contributed by atoms with Crippen molar-refractivity contribution in [3.05, 3.63) is 43.0 Å². The molecule has 1 fully saturated rings. The number of carbonyl (C=O) groups excluding carboxylic acids is 1. The lowest BCUT2D eigenvalue weighted by molar-refractivity contribution is -0.121. The van der Waals surface area contributed by atoms with Crippen molar-refractivity contribution in [1.29, 1.82) is 0 Å². The molecule has 28 heavy (non-hydrogen) atoms. The average Bonchev–Trinajstić information content (AvgIpc) is 3.08. The Hall–Kier alpha value is -2.08. The van der Waals surface area contributed by atoms with E-state index in [-0.39, 0.29) is 17.2 Å². The van der Waals surface area contributed by atoms with Gasteiger partial charge in [0.1, 0.15) is 0 Å². The molecule has 1 heterocycles. The van der Waals surface area contributed by atoms with Gasteiger partial charge in [-0.2, -0.15) is 0 Å². The van der Waals surface area contributed by atoms with Gasteiger partial charge < -0.3 is 5.32 Å². The quantitative estimate of drug-likeness (QED) is 0.549. The summed E-state index contributed by atoms with van der Waals surface area (Å²) in [4.78, 5) is 12.8. The van der Waals surface area contributed by atoms with Crippen LogP contribution < -0.4 is 5.32 Å². The molecule has 1 aliphatic rings. The molecule has 0 saturated heterocycles. The molecular formula is C22H30N4OS. The van der Waals surface area contributed by atoms with Gasteiger partial charge in [-0.25, -0.2) is 0 Å². The van der Waals surface area contributed by atoms with Crippen LogP contribution in [-0.4, -0.2) is 32.0 Å². The van der Waals surface area contributed by atoms with Crippen LogP contribution in [-0.2, 0) is 11.3 Å². The first-order chi connectivity index (χ1) is 13.5. The van der Waals surface area contributed by atoms with Crippen LogP contribution in [0, 0.1) is 11.8 Å². The monoisotopic (exact) mass is 398 g/mol. The molecule has 1 aromatic carbocycles. The molecule has 5 nitrogen and oxygen atoms in total. The van der Waals surface area contributed by atoms with Gasteiger partial charge in [-0.1, -0.05) is 74.9 Å². The Bertz CT molecular complexity index is 804. The van der Waals surface area contributed by atoms with Gasteiger partial charge in [-0.05, 0) is 25.2 Å². The Kier molecular flexibility index (Phi) is 6.94. The number of carbonyl (C=O) groups is 1. The molecule has 2 aromatic rings. The van der Waals surface area contributed by atoms with E-state index in [4.69, 9.17) is 0 Å². The minimum absolute atomic E-state index is 0.0744. The average molecular weight is 399 g/mol. The first kappa shape index (κ1) is 20.6. The number of nitrogens with one attached hydrogen (secondary N) is 1. The summed E-state index contributed by atoms with van der Waals surface area (Å²) < 4.78 is 2.02. The van der Waals surface area contributed by atoms with Crippen LogP contribution >= 0.6 is 11.8 Å². The minimum Gasteiger partial charge on any atom is -0.352 e. The second kappa shape index (κ2) is 9.41. The first-order valence-electron chi connectivity index (χ1n) is 10.1. The fraction of sp³-hybridized carbons (Fsp3) is 0.500. The molecule has 1 amide bonds. The fourth-order valence-electron chi connectivity index (χ4n) is 3.77. The van der Waals surface area contributed by atoms with E-state index in [1.807, 2.05) is 47.9 Å². The first-order valence-corrected chi connectivity index (χ1v) is 11.0. The predicted molar refractivity (Wildman–Crippen MR) is 115 cm³/mol. The number of hydrogen-bond donors (Lipinski definition) is 1. The summed E-state index contributed by atoms with van der Waals surface area (Å²) in [6, 6.07) is 10.2. The van der Waals surface area contributed by atoms with Crippen LogP contribution in [0.1, 0.15) is 40.0 Å². The van der Waals surface area contributed by atoms with Gasteiger partial charge in [0.15, 0.2) is 11.0 Å². The van der Waals surface area contributed by atoms with Gasteiger partial charge in [0.05, 0.1) is 5.25 Å². The maximum Gasteiger partial charge on any atom is 0.233 e. The molecule has 0 bridgehead atoms. The Balaban J connectivity index is 1.71. The third-order valence-electron chi connectivity index (χ3n) is 5.75. The molecular weight excluding hydrogens is 368 g/mol. The van der Waals surface area contributed by atoms with Gasteiger partial charge in [-0.15, -0.1) is 16.8 Å². The zero-order valence-electron chi connectivity index (χ0n) is 17.0. The maximum absolute atomic E-state index is 12.8. The van der Waals surface area contributed by atoms with Crippen molar-refractivity contribution >= 4 is 17.7 Å². The number of amides is 1. The van der Waals surface area contributed by atoms with E-state index < -0.39 is 0 Å². The molecule has 0 spiro atoms. The van der Waals surface area contributed by atoms with Crippen LogP contribution in [0.15, 0.2) is 48.1 Å². The molecule has 3 rings (SSSR count). The van der Waals surface area contributed by atoms with Crippen molar-refractivity contribution < 1.29 is 4.79 Å². The summed E-state index contributed by atoms with van der Waals surface area (Å²) in [7, 11) is 0. The molecule has 4 atom stereocenters. The van der Waals surface area contributed by atoms with Crippen LogP contribution in [0.3, 0.4) is 0 Å². The van der Waals surface area contributed by atoms with Gasteiger partial charge >= 0.3 is 0 Å². The predicted octanol–water partition coefficient (Wildman–Crippen LogP) is 4.55. The number of benzene rings is 1. The third-order valence-corrected chi connectivity index (χ3v) is 6.83. The van der Waals surface area contributed by atoms with E-state index in [2.05, 4.69) is 35.9 Å². The molecule has 6 heteroatoms. The number of rotatable bonds is 7. The van der Waals surface area contributed by atoms with Gasteiger partial charge in [0.2, 0.25) is 5.91 Å². The fourth-order valence-corrected chi connectivity index (χ4v) is 4.64. The van der Waals surface area contributed by atoms with Crippen LogP contribution in [0.2, 0.25) is 0 Å². The zero-order chi connectivity index (χ0) is 20.1. The lowest BCUT2D eigenvalue weighted by atomic mass is 9.78. The Morgan fingerprint density at radius 1 is 1.32 bits per heavy atom.